The molecule has 21 heavy (non-hydrogen) atoms. The molecule has 1 aromatic carbocycles. The zero-order valence-corrected chi connectivity index (χ0v) is 13.3. The first-order valence-corrected chi connectivity index (χ1v) is 7.29. The van der Waals surface area contributed by atoms with Gasteiger partial charge in [-0.1, -0.05) is 0 Å². The largest absolute Gasteiger partial charge is 0.451 e. The number of benzene rings is 1. The molecule has 114 valence electrons. The summed E-state index contributed by atoms with van der Waals surface area (Å²) in [5.41, 5.74) is 3.04. The molecule has 0 bridgehead atoms. The maximum atomic E-state index is 12.6. The topological polar surface area (TPSA) is 53.7 Å². The van der Waals surface area contributed by atoms with Gasteiger partial charge in [0.15, 0.2) is 5.76 Å². The zero-order chi connectivity index (χ0) is 15.7. The van der Waals surface area contributed by atoms with Crippen molar-refractivity contribution in [3.05, 3.63) is 35.1 Å². The molecule has 1 heterocycles. The lowest BCUT2D eigenvalue weighted by Gasteiger charge is -2.26. The van der Waals surface area contributed by atoms with E-state index < -0.39 is 6.10 Å². The number of carbonyl (C=O) groups excluding carboxylic acids is 1. The summed E-state index contributed by atoms with van der Waals surface area (Å²) in [6.07, 6.45) is -0.565. The number of aliphatic hydroxyl groups excluding tert-OH is 1. The monoisotopic (exact) mass is 289 g/mol. The molecule has 0 aliphatic rings. The van der Waals surface area contributed by atoms with Crippen molar-refractivity contribution in [2.75, 3.05) is 6.54 Å². The summed E-state index contributed by atoms with van der Waals surface area (Å²) in [6, 6.07) is 5.76. The van der Waals surface area contributed by atoms with Crippen molar-refractivity contribution in [3.8, 4) is 0 Å². The summed E-state index contributed by atoms with van der Waals surface area (Å²) < 4.78 is 5.71. The average Bonchev–Trinajstić information content (AvgIpc) is 2.78. The second kappa shape index (κ2) is 5.90. The Kier molecular flexibility index (Phi) is 4.37. The number of amides is 1. The third-order valence-electron chi connectivity index (χ3n) is 3.69. The molecule has 0 aliphatic carbocycles. The van der Waals surface area contributed by atoms with Crippen molar-refractivity contribution in [2.45, 2.75) is 46.8 Å². The Morgan fingerprint density at radius 1 is 1.19 bits per heavy atom. The summed E-state index contributed by atoms with van der Waals surface area (Å²) in [5, 5.41) is 10.5. The molecule has 2 aromatic rings. The Bertz CT molecular complexity index is 616. The van der Waals surface area contributed by atoms with Gasteiger partial charge in [-0.25, -0.2) is 0 Å². The highest BCUT2D eigenvalue weighted by atomic mass is 16.3. The number of aryl methyl sites for hydroxylation is 2. The molecule has 1 aromatic heterocycles. The molecule has 1 unspecified atom stereocenters. The van der Waals surface area contributed by atoms with Crippen molar-refractivity contribution in [1.29, 1.82) is 0 Å². The van der Waals surface area contributed by atoms with E-state index in [2.05, 4.69) is 0 Å². The molecule has 2 rings (SSSR count). The zero-order valence-electron chi connectivity index (χ0n) is 13.3. The highest BCUT2D eigenvalue weighted by molar-refractivity contribution is 5.96. The Morgan fingerprint density at radius 3 is 2.38 bits per heavy atom. The number of rotatable bonds is 4. The predicted molar refractivity (Wildman–Crippen MR) is 83.5 cm³/mol. The number of hydrogen-bond acceptors (Lipinski definition) is 3. The van der Waals surface area contributed by atoms with E-state index in [9.17, 15) is 9.90 Å². The highest BCUT2D eigenvalue weighted by Gasteiger charge is 2.23. The first-order chi connectivity index (χ1) is 9.79. The number of carbonyl (C=O) groups is 1. The van der Waals surface area contributed by atoms with Crippen LogP contribution >= 0.6 is 0 Å². The lowest BCUT2D eigenvalue weighted by atomic mass is 10.1. The lowest BCUT2D eigenvalue weighted by molar-refractivity contribution is 0.0551. The molecule has 0 spiro atoms. The van der Waals surface area contributed by atoms with Crippen LogP contribution < -0.4 is 0 Å². The summed E-state index contributed by atoms with van der Waals surface area (Å²) in [5.74, 6) is 0.141. The van der Waals surface area contributed by atoms with Gasteiger partial charge in [0.05, 0.1) is 6.10 Å². The van der Waals surface area contributed by atoms with Gasteiger partial charge in [0.2, 0.25) is 0 Å². The van der Waals surface area contributed by atoms with Crippen LogP contribution in [0.1, 0.15) is 42.5 Å². The van der Waals surface area contributed by atoms with Gasteiger partial charge in [-0.3, -0.25) is 4.79 Å². The van der Waals surface area contributed by atoms with E-state index in [0.29, 0.717) is 12.3 Å². The van der Waals surface area contributed by atoms with E-state index in [1.807, 2.05) is 39.8 Å². The summed E-state index contributed by atoms with van der Waals surface area (Å²) in [7, 11) is 0. The number of furan rings is 1. The van der Waals surface area contributed by atoms with E-state index in [1.165, 1.54) is 5.56 Å². The van der Waals surface area contributed by atoms with Crippen molar-refractivity contribution >= 4 is 16.9 Å². The van der Waals surface area contributed by atoms with Crippen LogP contribution in [0.4, 0.5) is 0 Å². The van der Waals surface area contributed by atoms with Crippen molar-refractivity contribution in [3.63, 3.8) is 0 Å². The molecular formula is C17H23NO3. The van der Waals surface area contributed by atoms with Crippen molar-refractivity contribution < 1.29 is 14.3 Å². The molecule has 4 heteroatoms. The number of nitrogens with zero attached hydrogens (tertiary/aromatic N) is 1. The third kappa shape index (κ3) is 3.27. The molecule has 1 atom stereocenters. The Hall–Kier alpha value is -1.81. The van der Waals surface area contributed by atoms with E-state index in [-0.39, 0.29) is 11.9 Å². The van der Waals surface area contributed by atoms with Gasteiger partial charge in [-0.05, 0) is 63.9 Å². The quantitative estimate of drug-likeness (QED) is 0.939. The fourth-order valence-corrected chi connectivity index (χ4v) is 2.36. The minimum atomic E-state index is -0.565. The van der Waals surface area contributed by atoms with Gasteiger partial charge < -0.3 is 14.4 Å². The van der Waals surface area contributed by atoms with Crippen LogP contribution in [0.25, 0.3) is 11.0 Å². The standard InChI is InChI=1S/C17H23NO3/c1-10(2)18(9-13(5)19)17(20)16-8-14-6-11(3)12(4)7-15(14)21-16/h6-8,10,13,19H,9H2,1-5H3. The van der Waals surface area contributed by atoms with Crippen LogP contribution in [0.3, 0.4) is 0 Å². The highest BCUT2D eigenvalue weighted by Crippen LogP contribution is 2.24. The maximum absolute atomic E-state index is 12.6. The van der Waals surface area contributed by atoms with E-state index in [0.717, 1.165) is 16.5 Å². The van der Waals surface area contributed by atoms with E-state index >= 15 is 0 Å². The van der Waals surface area contributed by atoms with Crippen LogP contribution in [0.2, 0.25) is 0 Å². The maximum Gasteiger partial charge on any atom is 0.289 e. The fourth-order valence-electron chi connectivity index (χ4n) is 2.36. The minimum absolute atomic E-state index is 0.00350. The summed E-state index contributed by atoms with van der Waals surface area (Å²) >= 11 is 0. The first-order valence-electron chi connectivity index (χ1n) is 7.29. The van der Waals surface area contributed by atoms with E-state index in [1.54, 1.807) is 17.9 Å². The first kappa shape index (κ1) is 15.6. The molecule has 1 amide bonds. The van der Waals surface area contributed by atoms with E-state index in [4.69, 9.17) is 4.42 Å². The van der Waals surface area contributed by atoms with Gasteiger partial charge in [0.1, 0.15) is 5.58 Å². The van der Waals surface area contributed by atoms with Crippen LogP contribution in [-0.4, -0.2) is 34.6 Å². The third-order valence-corrected chi connectivity index (χ3v) is 3.69. The molecule has 0 saturated heterocycles. The second-order valence-electron chi connectivity index (χ2n) is 5.99. The molecule has 1 N–H and O–H groups in total. The van der Waals surface area contributed by atoms with Crippen LogP contribution in [-0.2, 0) is 0 Å². The second-order valence-corrected chi connectivity index (χ2v) is 5.99. The molecule has 0 fully saturated rings. The van der Waals surface area contributed by atoms with Crippen molar-refractivity contribution in [2.24, 2.45) is 0 Å². The minimum Gasteiger partial charge on any atom is -0.451 e. The Labute approximate surface area is 125 Å². The lowest BCUT2D eigenvalue weighted by Crippen LogP contribution is -2.41. The number of hydrogen-bond donors (Lipinski definition) is 1. The molecule has 0 aliphatic heterocycles. The SMILES string of the molecule is Cc1cc2cc(C(=O)N(CC(C)O)C(C)C)oc2cc1C. The van der Waals surface area contributed by atoms with Crippen molar-refractivity contribution in [1.82, 2.24) is 4.90 Å². The Balaban J connectivity index is 2.38. The fraction of sp³-hybridized carbons (Fsp3) is 0.471. The van der Waals surface area contributed by atoms with Gasteiger partial charge >= 0.3 is 0 Å². The Morgan fingerprint density at radius 2 is 1.81 bits per heavy atom. The van der Waals surface area contributed by atoms with Gasteiger partial charge in [-0.2, -0.15) is 0 Å². The molecule has 0 radical (unpaired) electrons. The van der Waals surface area contributed by atoms with Crippen LogP contribution in [0, 0.1) is 13.8 Å². The van der Waals surface area contributed by atoms with Gasteiger partial charge in [0, 0.05) is 18.0 Å². The number of aliphatic hydroxyl groups is 1. The van der Waals surface area contributed by atoms with Crippen LogP contribution in [0.5, 0.6) is 0 Å². The predicted octanol–water partition coefficient (Wildman–Crippen LogP) is 3.28. The normalized spacial score (nSPS) is 12.9. The molecule has 0 saturated carbocycles. The van der Waals surface area contributed by atoms with Gasteiger partial charge in [-0.15, -0.1) is 0 Å². The number of fused-ring (bicyclic) bond motifs is 1. The molecular weight excluding hydrogens is 266 g/mol. The molecule has 4 nitrogen and oxygen atoms in total. The summed E-state index contributed by atoms with van der Waals surface area (Å²) in [4.78, 5) is 14.2. The smallest absolute Gasteiger partial charge is 0.289 e. The average molecular weight is 289 g/mol. The van der Waals surface area contributed by atoms with Crippen LogP contribution in [0.15, 0.2) is 22.6 Å². The van der Waals surface area contributed by atoms with Gasteiger partial charge in [0.25, 0.3) is 5.91 Å². The summed E-state index contributed by atoms with van der Waals surface area (Å²) in [6.45, 7) is 9.89.